The standard InChI is InChI=1S/C13H19F4NO7S/c1-9(2)10(19)24-8-6-18-11(20)25-7-4-3-5-12(14,15)13(16,17)26(21,22)23/h1,3-8H2,2H3,(H,18,20)(H,21,22,23)/p-1. The first-order valence-corrected chi connectivity index (χ1v) is 8.57. The van der Waals surface area contributed by atoms with Crippen LogP contribution in [0.4, 0.5) is 22.4 Å². The summed E-state index contributed by atoms with van der Waals surface area (Å²) in [5.41, 5.74) is 0.166. The number of alkyl carbamates (subject to hydrolysis) is 1. The second-order valence-electron chi connectivity index (χ2n) is 5.11. The van der Waals surface area contributed by atoms with E-state index in [2.05, 4.69) is 21.4 Å². The fourth-order valence-corrected chi connectivity index (χ4v) is 1.88. The third kappa shape index (κ3) is 7.56. The Morgan fingerprint density at radius 3 is 2.19 bits per heavy atom. The molecule has 0 saturated carbocycles. The Kier molecular flexibility index (Phi) is 9.00. The predicted octanol–water partition coefficient (Wildman–Crippen LogP) is 1.78. The summed E-state index contributed by atoms with van der Waals surface area (Å²) in [5.74, 6) is -5.69. The van der Waals surface area contributed by atoms with E-state index in [1.807, 2.05) is 0 Å². The molecule has 0 unspecified atom stereocenters. The number of esters is 1. The van der Waals surface area contributed by atoms with Gasteiger partial charge in [0.05, 0.1) is 13.2 Å². The Balaban J connectivity index is 4.01. The molecule has 152 valence electrons. The van der Waals surface area contributed by atoms with Crippen molar-refractivity contribution < 1.29 is 49.6 Å². The molecule has 0 aromatic carbocycles. The Bertz CT molecular complexity index is 622. The van der Waals surface area contributed by atoms with Gasteiger partial charge in [0.1, 0.15) is 6.61 Å². The van der Waals surface area contributed by atoms with E-state index in [4.69, 9.17) is 0 Å². The summed E-state index contributed by atoms with van der Waals surface area (Å²) >= 11 is 0. The van der Waals surface area contributed by atoms with Crippen LogP contribution in [-0.2, 0) is 24.4 Å². The van der Waals surface area contributed by atoms with Gasteiger partial charge in [-0.15, -0.1) is 0 Å². The normalized spacial score (nSPS) is 12.4. The van der Waals surface area contributed by atoms with Gasteiger partial charge in [0.15, 0.2) is 10.1 Å². The van der Waals surface area contributed by atoms with Crippen LogP contribution in [0.3, 0.4) is 0 Å². The second kappa shape index (κ2) is 9.71. The maximum absolute atomic E-state index is 13.1. The molecule has 0 aromatic heterocycles. The first-order valence-electron chi connectivity index (χ1n) is 7.16. The summed E-state index contributed by atoms with van der Waals surface area (Å²) in [6.45, 7) is 4.09. The largest absolute Gasteiger partial charge is 0.743 e. The maximum atomic E-state index is 13.1. The number of unbranched alkanes of at least 4 members (excludes halogenated alkanes) is 1. The minimum absolute atomic E-state index is 0.0937. The molecule has 0 fully saturated rings. The molecule has 1 amide bonds. The number of carbonyl (C=O) groups is 2. The number of halogens is 4. The summed E-state index contributed by atoms with van der Waals surface area (Å²) in [7, 11) is -6.51. The van der Waals surface area contributed by atoms with Crippen molar-refractivity contribution in [1.82, 2.24) is 5.32 Å². The molecule has 0 aliphatic rings. The maximum Gasteiger partial charge on any atom is 0.407 e. The van der Waals surface area contributed by atoms with Gasteiger partial charge in [-0.25, -0.2) is 18.0 Å². The van der Waals surface area contributed by atoms with Crippen LogP contribution < -0.4 is 5.32 Å². The summed E-state index contributed by atoms with van der Waals surface area (Å²) in [6, 6.07) is 0. The van der Waals surface area contributed by atoms with Crippen LogP contribution in [0.2, 0.25) is 0 Å². The Labute approximate surface area is 147 Å². The topological polar surface area (TPSA) is 122 Å². The van der Waals surface area contributed by atoms with Crippen molar-refractivity contribution in [2.24, 2.45) is 0 Å². The highest BCUT2D eigenvalue weighted by molar-refractivity contribution is 7.86. The molecule has 0 atom stereocenters. The molecule has 0 aliphatic heterocycles. The highest BCUT2D eigenvalue weighted by Crippen LogP contribution is 2.41. The molecular weight excluding hydrogens is 390 g/mol. The van der Waals surface area contributed by atoms with Gasteiger partial charge in [0.2, 0.25) is 0 Å². The summed E-state index contributed by atoms with van der Waals surface area (Å²) in [5, 5.41) is -3.55. The number of hydrogen-bond acceptors (Lipinski definition) is 7. The van der Waals surface area contributed by atoms with Crippen molar-refractivity contribution in [2.45, 2.75) is 37.4 Å². The van der Waals surface area contributed by atoms with Gasteiger partial charge in [0, 0.05) is 12.0 Å². The van der Waals surface area contributed by atoms with Gasteiger partial charge in [-0.2, -0.15) is 17.6 Å². The fourth-order valence-electron chi connectivity index (χ4n) is 1.41. The fraction of sp³-hybridized carbons (Fsp3) is 0.692. The van der Waals surface area contributed by atoms with Gasteiger partial charge < -0.3 is 19.3 Å². The van der Waals surface area contributed by atoms with Crippen molar-refractivity contribution in [3.63, 3.8) is 0 Å². The Morgan fingerprint density at radius 1 is 1.12 bits per heavy atom. The third-order valence-electron chi connectivity index (χ3n) is 2.81. The van der Waals surface area contributed by atoms with Crippen LogP contribution in [0.25, 0.3) is 0 Å². The lowest BCUT2D eigenvalue weighted by Gasteiger charge is -2.28. The average molecular weight is 408 g/mol. The lowest BCUT2D eigenvalue weighted by molar-refractivity contribution is -0.165. The van der Waals surface area contributed by atoms with Crippen LogP contribution in [0.5, 0.6) is 0 Å². The molecular formula is C13H18F4NO7S-. The van der Waals surface area contributed by atoms with Crippen LogP contribution in [-0.4, -0.2) is 56.0 Å². The predicted molar refractivity (Wildman–Crippen MR) is 78.6 cm³/mol. The number of carbonyl (C=O) groups excluding carboxylic acids is 2. The van der Waals surface area contributed by atoms with Crippen molar-refractivity contribution >= 4 is 22.2 Å². The number of nitrogens with one attached hydrogen (secondary N) is 1. The lowest BCUT2D eigenvalue weighted by atomic mass is 10.1. The van der Waals surface area contributed by atoms with Crippen molar-refractivity contribution in [3.8, 4) is 0 Å². The van der Waals surface area contributed by atoms with Gasteiger partial charge in [-0.05, 0) is 19.8 Å². The molecule has 1 N–H and O–H groups in total. The number of alkyl halides is 4. The number of amides is 1. The molecule has 0 heterocycles. The Morgan fingerprint density at radius 2 is 1.69 bits per heavy atom. The highest BCUT2D eigenvalue weighted by Gasteiger charge is 2.60. The van der Waals surface area contributed by atoms with Gasteiger partial charge in [-0.1, -0.05) is 6.58 Å². The molecule has 0 saturated heterocycles. The van der Waals surface area contributed by atoms with E-state index >= 15 is 0 Å². The monoisotopic (exact) mass is 408 g/mol. The third-order valence-corrected chi connectivity index (χ3v) is 3.74. The van der Waals surface area contributed by atoms with Crippen molar-refractivity contribution in [3.05, 3.63) is 12.2 Å². The van der Waals surface area contributed by atoms with Gasteiger partial charge >= 0.3 is 23.2 Å². The van der Waals surface area contributed by atoms with E-state index in [1.165, 1.54) is 6.92 Å². The van der Waals surface area contributed by atoms with E-state index in [0.717, 1.165) is 0 Å². The van der Waals surface area contributed by atoms with Gasteiger partial charge in [-0.3, -0.25) is 0 Å². The summed E-state index contributed by atoms with van der Waals surface area (Å²) in [6.07, 6.45) is -3.44. The molecule has 8 nitrogen and oxygen atoms in total. The quantitative estimate of drug-likeness (QED) is 0.182. The minimum atomic E-state index is -6.51. The smallest absolute Gasteiger partial charge is 0.407 e. The first kappa shape index (κ1) is 24.1. The highest BCUT2D eigenvalue weighted by atomic mass is 32.2. The molecule has 0 spiro atoms. The van der Waals surface area contributed by atoms with Gasteiger partial charge in [0.25, 0.3) is 0 Å². The van der Waals surface area contributed by atoms with Crippen LogP contribution >= 0.6 is 0 Å². The molecule has 0 aliphatic carbocycles. The lowest BCUT2D eigenvalue weighted by Crippen LogP contribution is -2.46. The zero-order chi connectivity index (χ0) is 20.6. The van der Waals surface area contributed by atoms with Crippen molar-refractivity contribution in [2.75, 3.05) is 19.8 Å². The molecule has 0 bridgehead atoms. The average Bonchev–Trinajstić information content (AvgIpc) is 2.49. The second-order valence-corrected chi connectivity index (χ2v) is 6.53. The van der Waals surface area contributed by atoms with E-state index in [9.17, 15) is 40.1 Å². The zero-order valence-corrected chi connectivity index (χ0v) is 14.5. The van der Waals surface area contributed by atoms with Crippen LogP contribution in [0.15, 0.2) is 12.2 Å². The number of hydrogen-bond donors (Lipinski definition) is 1. The first-order chi connectivity index (χ1) is 11.7. The molecule has 13 heteroatoms. The number of rotatable bonds is 11. The molecule has 0 aromatic rings. The number of ether oxygens (including phenoxy) is 2. The molecule has 26 heavy (non-hydrogen) atoms. The van der Waals surface area contributed by atoms with E-state index in [0.29, 0.717) is 0 Å². The Hall–Kier alpha value is -1.89. The SMILES string of the molecule is C=C(C)C(=O)OCCNC(=O)OCCCCC(F)(F)C(F)(F)S(=O)(=O)[O-]. The van der Waals surface area contributed by atoms with E-state index in [-0.39, 0.29) is 25.1 Å². The van der Waals surface area contributed by atoms with Crippen LogP contribution in [0, 0.1) is 0 Å². The summed E-state index contributed by atoms with van der Waals surface area (Å²) in [4.78, 5) is 22.2. The summed E-state index contributed by atoms with van der Waals surface area (Å²) < 4.78 is 91.7. The van der Waals surface area contributed by atoms with Crippen molar-refractivity contribution in [1.29, 1.82) is 0 Å². The van der Waals surface area contributed by atoms with Crippen LogP contribution in [0.1, 0.15) is 26.2 Å². The van der Waals surface area contributed by atoms with E-state index in [1.54, 1.807) is 0 Å². The zero-order valence-electron chi connectivity index (χ0n) is 13.7. The molecule has 0 rings (SSSR count). The minimum Gasteiger partial charge on any atom is -0.743 e. The van der Waals surface area contributed by atoms with E-state index < -0.39 is 52.8 Å². The molecule has 0 radical (unpaired) electrons.